The summed E-state index contributed by atoms with van der Waals surface area (Å²) in [5, 5.41) is 3.10. The van der Waals surface area contributed by atoms with E-state index < -0.39 is 47.3 Å². The van der Waals surface area contributed by atoms with Crippen LogP contribution in [0.4, 0.5) is 0 Å². The summed E-state index contributed by atoms with van der Waals surface area (Å²) >= 11 is -0.142. The number of rotatable bonds is 9. The summed E-state index contributed by atoms with van der Waals surface area (Å²) in [6.45, 7) is 4.89. The first-order valence-electron chi connectivity index (χ1n) is 10.2. The zero-order valence-electron chi connectivity index (χ0n) is 18.6. The van der Waals surface area contributed by atoms with E-state index in [0.29, 0.717) is 0 Å². The van der Waals surface area contributed by atoms with Crippen molar-refractivity contribution in [1.29, 1.82) is 0 Å². The number of carbonyl (C=O) groups excluding carboxylic acids is 4. The first kappa shape index (κ1) is 25.8. The fraction of sp³-hybridized carbons (Fsp3) is 0.545. The van der Waals surface area contributed by atoms with Gasteiger partial charge in [0, 0.05) is 0 Å². The van der Waals surface area contributed by atoms with Gasteiger partial charge in [0.15, 0.2) is 0 Å². The molecule has 32 heavy (non-hydrogen) atoms. The molecule has 1 aromatic rings. The molecule has 1 heterocycles. The summed E-state index contributed by atoms with van der Waals surface area (Å²) in [6, 6.07) is 9.23. The molecule has 2 rings (SSSR count). The zero-order chi connectivity index (χ0) is 23.7. The third-order valence-electron chi connectivity index (χ3n) is 4.59. The van der Waals surface area contributed by atoms with Crippen LogP contribution in [0.5, 0.6) is 0 Å². The maximum atomic E-state index is 11.9. The number of nitrogens with one attached hydrogen (secondary N) is 1. The van der Waals surface area contributed by atoms with E-state index in [1.807, 2.05) is 30.3 Å². The summed E-state index contributed by atoms with van der Waals surface area (Å²) in [5.74, 6) is -2.06. The maximum absolute atomic E-state index is 11.9. The topological polar surface area (TPSA) is 117 Å². The van der Waals surface area contributed by atoms with Crippen LogP contribution < -0.4 is 5.32 Å². The van der Waals surface area contributed by atoms with E-state index in [9.17, 15) is 19.2 Å². The normalized spacial score (nSPS) is 24.8. The number of carbonyl (C=O) groups is 4. The molecular weight excluding hydrogens is 485 g/mol. The first-order valence-corrected chi connectivity index (χ1v) is 12.4. The van der Waals surface area contributed by atoms with E-state index >= 15 is 0 Å². The Hall–Kier alpha value is -2.42. The van der Waals surface area contributed by atoms with Gasteiger partial charge < -0.3 is 0 Å². The van der Waals surface area contributed by atoms with Gasteiger partial charge in [0.2, 0.25) is 0 Å². The van der Waals surface area contributed by atoms with Crippen molar-refractivity contribution in [1.82, 2.24) is 5.32 Å². The number of esters is 3. The van der Waals surface area contributed by atoms with E-state index in [1.54, 1.807) is 0 Å². The number of aryl methyl sites for hydroxylation is 1. The SMILES string of the molecule is CC(=O)N[C@@H]1[C@@H](OC(C)=O)[C@H](OC(C)=O)[C@@H](COC(C)=O)O[C@H]1[Se]CCc1ccccc1. The van der Waals surface area contributed by atoms with Crippen LogP contribution in [-0.4, -0.2) is 74.7 Å². The van der Waals surface area contributed by atoms with Gasteiger partial charge >= 0.3 is 194 Å². The standard InChI is InChI=1S/C22H29NO8Se/c1-13(24)23-19-21(30-16(4)27)20(29-15(3)26)18(12-28-14(2)25)31-22(19)32-11-10-17-8-6-5-7-9-17/h5-9,18-22H,10-12H2,1-4H3,(H,23,24)/t18-,19-,20-,21-,22+/m1/s1. The van der Waals surface area contributed by atoms with Gasteiger partial charge in [-0.3, -0.25) is 0 Å². The second-order valence-electron chi connectivity index (χ2n) is 7.33. The molecule has 0 bridgehead atoms. The molecule has 176 valence electrons. The van der Waals surface area contributed by atoms with Crippen molar-refractivity contribution >= 4 is 38.8 Å². The van der Waals surface area contributed by atoms with Crippen LogP contribution in [0.2, 0.25) is 5.32 Å². The van der Waals surface area contributed by atoms with E-state index in [2.05, 4.69) is 5.32 Å². The van der Waals surface area contributed by atoms with Crippen molar-refractivity contribution in [2.75, 3.05) is 6.61 Å². The van der Waals surface area contributed by atoms with Crippen LogP contribution in [0.3, 0.4) is 0 Å². The fourth-order valence-electron chi connectivity index (χ4n) is 3.37. The van der Waals surface area contributed by atoms with Crippen LogP contribution in [0.25, 0.3) is 0 Å². The first-order chi connectivity index (χ1) is 15.2. The number of amides is 1. The van der Waals surface area contributed by atoms with Crippen LogP contribution >= 0.6 is 0 Å². The Kier molecular flexibility index (Phi) is 10.2. The monoisotopic (exact) mass is 515 g/mol. The molecule has 0 saturated carbocycles. The predicted octanol–water partition coefficient (Wildman–Crippen LogP) is 1.01. The third-order valence-corrected chi connectivity index (χ3v) is 7.05. The van der Waals surface area contributed by atoms with Crippen molar-refractivity contribution < 1.29 is 38.1 Å². The molecule has 10 heteroatoms. The number of benzene rings is 1. The third kappa shape index (κ3) is 8.26. The summed E-state index contributed by atoms with van der Waals surface area (Å²) in [4.78, 5) is 46.9. The van der Waals surface area contributed by atoms with Crippen molar-refractivity contribution in [2.24, 2.45) is 0 Å². The molecule has 1 aliphatic heterocycles. The molecule has 0 aromatic heterocycles. The minimum atomic E-state index is -1.05. The van der Waals surface area contributed by atoms with Gasteiger partial charge in [-0.2, -0.15) is 0 Å². The van der Waals surface area contributed by atoms with Crippen molar-refractivity contribution in [3.05, 3.63) is 35.9 Å². The number of ether oxygens (including phenoxy) is 4. The van der Waals surface area contributed by atoms with Crippen LogP contribution in [0, 0.1) is 0 Å². The van der Waals surface area contributed by atoms with Gasteiger partial charge in [-0.1, -0.05) is 0 Å². The summed E-state index contributed by atoms with van der Waals surface area (Å²) in [6.07, 6.45) is -2.07. The van der Waals surface area contributed by atoms with Crippen LogP contribution in [0.1, 0.15) is 33.3 Å². The average Bonchev–Trinajstić information content (AvgIpc) is 2.70. The molecular formula is C22H29NO8Se. The molecule has 0 radical (unpaired) electrons. The van der Waals surface area contributed by atoms with Crippen molar-refractivity contribution in [3.8, 4) is 0 Å². The van der Waals surface area contributed by atoms with Gasteiger partial charge in [0.25, 0.3) is 0 Å². The van der Waals surface area contributed by atoms with Gasteiger partial charge in [0.05, 0.1) is 0 Å². The Morgan fingerprint density at radius 1 is 0.938 bits per heavy atom. The molecule has 1 amide bonds. The Morgan fingerprint density at radius 3 is 2.12 bits per heavy atom. The molecule has 1 saturated heterocycles. The molecule has 1 aliphatic rings. The van der Waals surface area contributed by atoms with Gasteiger partial charge in [-0.15, -0.1) is 0 Å². The van der Waals surface area contributed by atoms with E-state index in [0.717, 1.165) is 11.7 Å². The Morgan fingerprint density at radius 2 is 1.56 bits per heavy atom. The molecule has 1 fully saturated rings. The Balaban J connectivity index is 2.28. The number of hydrogen-bond acceptors (Lipinski definition) is 8. The van der Waals surface area contributed by atoms with Crippen LogP contribution in [0.15, 0.2) is 30.3 Å². The average molecular weight is 514 g/mol. The van der Waals surface area contributed by atoms with Crippen molar-refractivity contribution in [2.45, 2.75) is 68.8 Å². The Bertz CT molecular complexity index is 802. The molecule has 1 N–H and O–H groups in total. The second-order valence-corrected chi connectivity index (χ2v) is 9.86. The number of hydrogen-bond donors (Lipinski definition) is 1. The predicted molar refractivity (Wildman–Crippen MR) is 115 cm³/mol. The molecule has 0 unspecified atom stereocenters. The van der Waals surface area contributed by atoms with Crippen molar-refractivity contribution in [3.63, 3.8) is 0 Å². The Labute approximate surface area is 193 Å². The minimum absolute atomic E-state index is 0.142. The van der Waals surface area contributed by atoms with Crippen LogP contribution in [-0.2, 0) is 44.5 Å². The van der Waals surface area contributed by atoms with E-state index in [4.69, 9.17) is 18.9 Å². The zero-order valence-corrected chi connectivity index (χ0v) is 20.3. The van der Waals surface area contributed by atoms with Gasteiger partial charge in [-0.25, -0.2) is 0 Å². The summed E-state index contributed by atoms with van der Waals surface area (Å²) in [5.41, 5.74) is 1.17. The summed E-state index contributed by atoms with van der Waals surface area (Å²) in [7, 11) is 0. The van der Waals surface area contributed by atoms with Gasteiger partial charge in [-0.05, 0) is 0 Å². The van der Waals surface area contributed by atoms with E-state index in [1.165, 1.54) is 33.3 Å². The summed E-state index contributed by atoms with van der Waals surface area (Å²) < 4.78 is 22.2. The van der Waals surface area contributed by atoms with Gasteiger partial charge in [0.1, 0.15) is 0 Å². The molecule has 5 atom stereocenters. The fourth-order valence-corrected chi connectivity index (χ4v) is 5.97. The van der Waals surface area contributed by atoms with E-state index in [-0.39, 0.29) is 27.5 Å². The molecule has 9 nitrogen and oxygen atoms in total. The molecule has 1 aromatic carbocycles. The molecule has 0 aliphatic carbocycles. The quantitative estimate of drug-likeness (QED) is 0.295. The molecule has 0 spiro atoms. The second kappa shape index (κ2) is 12.6.